The van der Waals surface area contributed by atoms with Crippen molar-refractivity contribution in [1.29, 1.82) is 0 Å². The van der Waals surface area contributed by atoms with Crippen LogP contribution in [0.5, 0.6) is 0 Å². The fourth-order valence-electron chi connectivity index (χ4n) is 2.18. The number of nitrogens with zero attached hydrogens (tertiary/aromatic N) is 2. The predicted octanol–water partition coefficient (Wildman–Crippen LogP) is 3.25. The minimum absolute atomic E-state index is 0.573. The van der Waals surface area contributed by atoms with E-state index >= 15 is 0 Å². The first-order valence-electron chi connectivity index (χ1n) is 6.44. The number of thioether (sulfide) groups is 1. The normalized spacial score (nSPS) is 19.4. The highest BCUT2D eigenvalue weighted by Gasteiger charge is 2.14. The third-order valence-corrected chi connectivity index (χ3v) is 5.09. The summed E-state index contributed by atoms with van der Waals surface area (Å²) in [5.41, 5.74) is 0. The van der Waals surface area contributed by atoms with Gasteiger partial charge in [0.25, 0.3) is 0 Å². The zero-order valence-electron chi connectivity index (χ0n) is 10.6. The Kier molecular flexibility index (Phi) is 5.25. The summed E-state index contributed by atoms with van der Waals surface area (Å²) >= 11 is 3.35. The third-order valence-electron chi connectivity index (χ3n) is 3.11. The first-order chi connectivity index (χ1) is 8.24. The summed E-state index contributed by atoms with van der Waals surface area (Å²) in [5.74, 6) is 0.893. The quantitative estimate of drug-likeness (QED) is 0.834. The maximum Gasteiger partial charge on any atom is 0.170 e. The second kappa shape index (κ2) is 6.71. The molecule has 1 saturated carbocycles. The molecule has 0 saturated heterocycles. The lowest BCUT2D eigenvalue weighted by Gasteiger charge is -2.24. The predicted molar refractivity (Wildman–Crippen MR) is 74.8 cm³/mol. The topological polar surface area (TPSA) is 37.8 Å². The Morgan fingerprint density at radius 3 is 2.82 bits per heavy atom. The largest absolute Gasteiger partial charge is 0.313 e. The van der Waals surface area contributed by atoms with Gasteiger partial charge < -0.3 is 5.32 Å². The third kappa shape index (κ3) is 4.56. The van der Waals surface area contributed by atoms with Gasteiger partial charge in [0.1, 0.15) is 5.82 Å². The molecule has 0 aliphatic heterocycles. The van der Waals surface area contributed by atoms with Gasteiger partial charge in [0.15, 0.2) is 4.34 Å². The number of aryl methyl sites for hydroxylation is 1. The van der Waals surface area contributed by atoms with Crippen LogP contribution in [0, 0.1) is 6.92 Å². The summed E-state index contributed by atoms with van der Waals surface area (Å²) in [6.45, 7) is 5.29. The molecule has 1 N–H and O–H groups in total. The monoisotopic (exact) mass is 271 g/mol. The van der Waals surface area contributed by atoms with Crippen LogP contribution in [0.15, 0.2) is 4.34 Å². The number of aromatic nitrogens is 2. The van der Waals surface area contributed by atoms with Gasteiger partial charge >= 0.3 is 0 Å². The Labute approximate surface area is 112 Å². The fourth-order valence-corrected chi connectivity index (χ4v) is 4.09. The summed E-state index contributed by atoms with van der Waals surface area (Å²) in [7, 11) is 0. The molecule has 1 heterocycles. The molecule has 1 aliphatic carbocycles. The fraction of sp³-hybridized carbons (Fsp3) is 0.833. The molecule has 2 rings (SSSR count). The van der Waals surface area contributed by atoms with Crippen LogP contribution in [0.1, 0.15) is 44.9 Å². The molecule has 0 radical (unpaired) electrons. The highest BCUT2D eigenvalue weighted by molar-refractivity contribution is 8.01. The van der Waals surface area contributed by atoms with Crippen molar-refractivity contribution in [2.75, 3.05) is 6.54 Å². The van der Waals surface area contributed by atoms with E-state index < -0.39 is 0 Å². The van der Waals surface area contributed by atoms with Gasteiger partial charge in [0, 0.05) is 17.8 Å². The zero-order chi connectivity index (χ0) is 12.1. The lowest BCUT2D eigenvalue weighted by atomic mass is 9.95. The van der Waals surface area contributed by atoms with Crippen molar-refractivity contribution in [3.63, 3.8) is 0 Å². The Balaban J connectivity index is 1.68. The van der Waals surface area contributed by atoms with Gasteiger partial charge in [-0.3, -0.25) is 0 Å². The Morgan fingerprint density at radius 1 is 1.41 bits per heavy atom. The van der Waals surface area contributed by atoms with Crippen molar-refractivity contribution in [2.45, 2.75) is 61.6 Å². The summed E-state index contributed by atoms with van der Waals surface area (Å²) in [6.07, 6.45) is 6.93. The van der Waals surface area contributed by atoms with Gasteiger partial charge in [-0.2, -0.15) is 4.37 Å². The number of hydrogen-bond acceptors (Lipinski definition) is 5. The van der Waals surface area contributed by atoms with Crippen LogP contribution in [0.3, 0.4) is 0 Å². The Bertz CT molecular complexity index is 334. The molecule has 5 heteroatoms. The van der Waals surface area contributed by atoms with Crippen molar-refractivity contribution in [2.24, 2.45) is 0 Å². The Morgan fingerprint density at radius 2 is 2.18 bits per heavy atom. The van der Waals surface area contributed by atoms with E-state index in [1.165, 1.54) is 43.6 Å². The van der Waals surface area contributed by atoms with Gasteiger partial charge in [-0.1, -0.05) is 37.9 Å². The van der Waals surface area contributed by atoms with E-state index in [0.717, 1.165) is 22.8 Å². The molecule has 0 bridgehead atoms. The van der Waals surface area contributed by atoms with Crippen molar-refractivity contribution >= 4 is 23.3 Å². The van der Waals surface area contributed by atoms with Crippen molar-refractivity contribution in [3.8, 4) is 0 Å². The van der Waals surface area contributed by atoms with Gasteiger partial charge in [0.05, 0.1) is 0 Å². The first kappa shape index (κ1) is 13.3. The van der Waals surface area contributed by atoms with Gasteiger partial charge in [-0.05, 0) is 31.3 Å². The number of rotatable bonds is 5. The van der Waals surface area contributed by atoms with Gasteiger partial charge in [0.2, 0.25) is 0 Å². The molecule has 1 aromatic heterocycles. The maximum absolute atomic E-state index is 4.39. The van der Waals surface area contributed by atoms with E-state index in [9.17, 15) is 0 Å². The van der Waals surface area contributed by atoms with E-state index in [2.05, 4.69) is 21.6 Å². The average Bonchev–Trinajstić information content (AvgIpc) is 2.73. The number of nitrogens with one attached hydrogen (secondary N) is 1. The van der Waals surface area contributed by atoms with E-state index in [-0.39, 0.29) is 0 Å². The van der Waals surface area contributed by atoms with Gasteiger partial charge in [-0.25, -0.2) is 4.98 Å². The molecule has 1 fully saturated rings. The van der Waals surface area contributed by atoms with E-state index in [0.29, 0.717) is 5.25 Å². The highest BCUT2D eigenvalue weighted by atomic mass is 32.2. The minimum atomic E-state index is 0.573. The van der Waals surface area contributed by atoms with E-state index in [1.54, 1.807) is 0 Å². The zero-order valence-corrected chi connectivity index (χ0v) is 12.2. The molecule has 96 valence electrons. The average molecular weight is 271 g/mol. The second-order valence-corrected chi connectivity index (χ2v) is 7.22. The molecule has 1 atom stereocenters. The van der Waals surface area contributed by atoms with Crippen LogP contribution in [0.25, 0.3) is 0 Å². The molecule has 0 amide bonds. The van der Waals surface area contributed by atoms with E-state index in [4.69, 9.17) is 0 Å². The van der Waals surface area contributed by atoms with Crippen molar-refractivity contribution in [1.82, 2.24) is 14.7 Å². The molecule has 0 aromatic carbocycles. The highest BCUT2D eigenvalue weighted by Crippen LogP contribution is 2.25. The lowest BCUT2D eigenvalue weighted by Crippen LogP contribution is -2.35. The van der Waals surface area contributed by atoms with Crippen LogP contribution in [0.4, 0.5) is 0 Å². The molecule has 1 aliphatic rings. The van der Waals surface area contributed by atoms with Crippen molar-refractivity contribution in [3.05, 3.63) is 5.82 Å². The molecule has 17 heavy (non-hydrogen) atoms. The van der Waals surface area contributed by atoms with Crippen LogP contribution in [0.2, 0.25) is 0 Å². The van der Waals surface area contributed by atoms with Crippen molar-refractivity contribution < 1.29 is 0 Å². The lowest BCUT2D eigenvalue weighted by molar-refractivity contribution is 0.375. The molecule has 1 unspecified atom stereocenters. The SMILES string of the molecule is Cc1nsc(SC(C)CNC2CCCCC2)n1. The van der Waals surface area contributed by atoms with Gasteiger partial charge in [-0.15, -0.1) is 0 Å². The smallest absolute Gasteiger partial charge is 0.170 e. The first-order valence-corrected chi connectivity index (χ1v) is 8.09. The van der Waals surface area contributed by atoms with Crippen LogP contribution in [-0.2, 0) is 0 Å². The van der Waals surface area contributed by atoms with Crippen LogP contribution >= 0.6 is 23.3 Å². The summed E-state index contributed by atoms with van der Waals surface area (Å²) in [4.78, 5) is 4.39. The van der Waals surface area contributed by atoms with Crippen LogP contribution in [-0.4, -0.2) is 27.2 Å². The maximum atomic E-state index is 4.39. The minimum Gasteiger partial charge on any atom is -0.313 e. The summed E-state index contributed by atoms with van der Waals surface area (Å²) in [5, 5.41) is 4.26. The Hall–Kier alpha value is -0.130. The van der Waals surface area contributed by atoms with E-state index in [1.807, 2.05) is 18.7 Å². The standard InChI is InChI=1S/C12H21N3S2/c1-9(16-12-14-10(2)15-17-12)8-13-11-6-4-3-5-7-11/h9,11,13H,3-8H2,1-2H3. The molecule has 3 nitrogen and oxygen atoms in total. The summed E-state index contributed by atoms with van der Waals surface area (Å²) < 4.78 is 5.31. The van der Waals surface area contributed by atoms with Crippen LogP contribution < -0.4 is 5.32 Å². The molecule has 1 aromatic rings. The molecular formula is C12H21N3S2. The summed E-state index contributed by atoms with van der Waals surface area (Å²) in [6, 6.07) is 0.753. The number of hydrogen-bond donors (Lipinski definition) is 1. The molecular weight excluding hydrogens is 250 g/mol. The second-order valence-electron chi connectivity index (χ2n) is 4.78. The molecule has 0 spiro atoms.